The highest BCUT2D eigenvalue weighted by Gasteiger charge is 2.12. The molecule has 0 aliphatic heterocycles. The smallest absolute Gasteiger partial charge is 0.163 e. The number of nitriles is 3. The van der Waals surface area contributed by atoms with Crippen LogP contribution in [0, 0.1) is 40.9 Å². The summed E-state index contributed by atoms with van der Waals surface area (Å²) >= 11 is 6.17. The Morgan fingerprint density at radius 3 is 2.32 bits per heavy atom. The molecule has 1 heterocycles. The standard InChI is InChI=1S/C19H12ClN7O/c1-11-5-16-17(7-15(11)24-18(10-23)12(8-21)9-22)26-27(25-16)13-3-4-19(28-2)14(20)6-13/h3-7,24H,1-2H3. The number of aryl methyl sites for hydroxylation is 1. The van der Waals surface area contributed by atoms with E-state index in [-0.39, 0.29) is 11.3 Å². The van der Waals surface area contributed by atoms with E-state index >= 15 is 0 Å². The van der Waals surface area contributed by atoms with Gasteiger partial charge in [0.1, 0.15) is 40.7 Å². The van der Waals surface area contributed by atoms with E-state index in [1.807, 2.05) is 13.0 Å². The largest absolute Gasteiger partial charge is 0.495 e. The van der Waals surface area contributed by atoms with Crippen molar-refractivity contribution in [1.29, 1.82) is 15.8 Å². The van der Waals surface area contributed by atoms with E-state index in [9.17, 15) is 5.26 Å². The molecule has 0 amide bonds. The number of nitrogens with zero attached hydrogens (tertiary/aromatic N) is 6. The van der Waals surface area contributed by atoms with Crippen LogP contribution >= 0.6 is 11.6 Å². The third-order valence-electron chi connectivity index (χ3n) is 3.94. The summed E-state index contributed by atoms with van der Waals surface area (Å²) in [7, 11) is 1.53. The third kappa shape index (κ3) is 3.43. The Kier molecular flexibility index (Phi) is 5.13. The van der Waals surface area contributed by atoms with Crippen LogP contribution in [0.25, 0.3) is 16.7 Å². The minimum Gasteiger partial charge on any atom is -0.495 e. The van der Waals surface area contributed by atoms with E-state index in [1.54, 1.807) is 42.5 Å². The zero-order valence-electron chi connectivity index (χ0n) is 14.9. The van der Waals surface area contributed by atoms with Gasteiger partial charge in [-0.1, -0.05) is 11.6 Å². The number of fused-ring (bicyclic) bond motifs is 1. The molecule has 1 N–H and O–H groups in total. The molecule has 28 heavy (non-hydrogen) atoms. The number of rotatable bonds is 4. The lowest BCUT2D eigenvalue weighted by Gasteiger charge is -2.07. The minimum absolute atomic E-state index is 0.123. The molecule has 0 aliphatic carbocycles. The molecule has 136 valence electrons. The van der Waals surface area contributed by atoms with Crippen molar-refractivity contribution >= 4 is 28.3 Å². The molecular weight excluding hydrogens is 378 g/mol. The first-order valence-electron chi connectivity index (χ1n) is 7.94. The lowest BCUT2D eigenvalue weighted by Crippen LogP contribution is -2.02. The van der Waals surface area contributed by atoms with E-state index in [2.05, 4.69) is 15.5 Å². The number of aromatic nitrogens is 3. The van der Waals surface area contributed by atoms with Crippen LogP contribution in [0.3, 0.4) is 0 Å². The number of hydrogen-bond acceptors (Lipinski definition) is 7. The van der Waals surface area contributed by atoms with Crippen LogP contribution < -0.4 is 10.1 Å². The van der Waals surface area contributed by atoms with Crippen LogP contribution in [0.2, 0.25) is 5.02 Å². The molecule has 3 aromatic rings. The molecular formula is C19H12ClN7O. The van der Waals surface area contributed by atoms with E-state index < -0.39 is 0 Å². The number of hydrogen-bond donors (Lipinski definition) is 1. The lowest BCUT2D eigenvalue weighted by atomic mass is 10.1. The van der Waals surface area contributed by atoms with E-state index in [0.717, 1.165) is 5.56 Å². The summed E-state index contributed by atoms with van der Waals surface area (Å²) in [6.07, 6.45) is 0. The van der Waals surface area contributed by atoms with Gasteiger partial charge in [-0.05, 0) is 42.8 Å². The molecule has 0 bridgehead atoms. The van der Waals surface area contributed by atoms with E-state index in [0.29, 0.717) is 33.2 Å². The van der Waals surface area contributed by atoms with Gasteiger partial charge < -0.3 is 10.1 Å². The number of methoxy groups -OCH3 is 1. The fraction of sp³-hybridized carbons (Fsp3) is 0.105. The van der Waals surface area contributed by atoms with Crippen molar-refractivity contribution in [2.45, 2.75) is 6.92 Å². The van der Waals surface area contributed by atoms with Crippen LogP contribution in [-0.4, -0.2) is 22.1 Å². The molecule has 0 aliphatic rings. The number of benzene rings is 2. The van der Waals surface area contributed by atoms with Gasteiger partial charge in [0.25, 0.3) is 0 Å². The van der Waals surface area contributed by atoms with Gasteiger partial charge in [-0.15, -0.1) is 10.2 Å². The number of anilines is 1. The molecule has 1 aromatic heterocycles. The molecule has 0 radical (unpaired) electrons. The van der Waals surface area contributed by atoms with E-state index in [1.165, 1.54) is 11.9 Å². The summed E-state index contributed by atoms with van der Waals surface area (Å²) in [5, 5.41) is 39.3. The molecule has 0 unspecified atom stereocenters. The molecule has 9 heteroatoms. The second kappa shape index (κ2) is 7.67. The highest BCUT2D eigenvalue weighted by atomic mass is 35.5. The normalized spacial score (nSPS) is 9.86. The minimum atomic E-state index is -0.293. The average Bonchev–Trinajstić information content (AvgIpc) is 3.10. The first-order chi connectivity index (χ1) is 13.5. The van der Waals surface area contributed by atoms with Crippen molar-refractivity contribution in [3.8, 4) is 29.6 Å². The predicted octanol–water partition coefficient (Wildman–Crippen LogP) is 3.63. The Hall–Kier alpha value is -4.06. The maximum Gasteiger partial charge on any atom is 0.163 e. The van der Waals surface area contributed by atoms with Crippen molar-refractivity contribution in [2.75, 3.05) is 12.4 Å². The van der Waals surface area contributed by atoms with Crippen LogP contribution in [0.1, 0.15) is 5.56 Å². The van der Waals surface area contributed by atoms with Gasteiger partial charge >= 0.3 is 0 Å². The molecule has 0 saturated carbocycles. The van der Waals surface area contributed by atoms with Crippen LogP contribution in [0.15, 0.2) is 41.6 Å². The fourth-order valence-electron chi connectivity index (χ4n) is 2.52. The monoisotopic (exact) mass is 389 g/mol. The first kappa shape index (κ1) is 18.7. The second-order valence-corrected chi connectivity index (χ2v) is 6.08. The zero-order chi connectivity index (χ0) is 20.3. The Morgan fingerprint density at radius 2 is 1.75 bits per heavy atom. The summed E-state index contributed by atoms with van der Waals surface area (Å²) in [4.78, 5) is 1.44. The average molecular weight is 390 g/mol. The van der Waals surface area contributed by atoms with Crippen LogP contribution in [0.4, 0.5) is 5.69 Å². The Morgan fingerprint density at radius 1 is 1.07 bits per heavy atom. The lowest BCUT2D eigenvalue weighted by molar-refractivity contribution is 0.415. The highest BCUT2D eigenvalue weighted by Crippen LogP contribution is 2.28. The Labute approximate surface area is 165 Å². The van der Waals surface area contributed by atoms with Gasteiger partial charge in [0.15, 0.2) is 5.57 Å². The summed E-state index contributed by atoms with van der Waals surface area (Å²) < 4.78 is 5.14. The van der Waals surface area contributed by atoms with Gasteiger partial charge in [-0.25, -0.2) is 0 Å². The topological polar surface area (TPSA) is 123 Å². The van der Waals surface area contributed by atoms with Gasteiger partial charge in [-0.3, -0.25) is 0 Å². The number of allylic oxidation sites excluding steroid dienone is 2. The third-order valence-corrected chi connectivity index (χ3v) is 4.23. The molecule has 2 aromatic carbocycles. The molecule has 0 saturated heterocycles. The Balaban J connectivity index is 2.04. The summed E-state index contributed by atoms with van der Waals surface area (Å²) in [5.74, 6) is 0.547. The maximum atomic E-state index is 9.22. The zero-order valence-corrected chi connectivity index (χ0v) is 15.6. The summed E-state index contributed by atoms with van der Waals surface area (Å²) in [6, 6.07) is 13.9. The van der Waals surface area contributed by atoms with Gasteiger partial charge in [-0.2, -0.15) is 20.6 Å². The molecule has 0 atom stereocenters. The van der Waals surface area contributed by atoms with Crippen molar-refractivity contribution in [3.05, 3.63) is 52.2 Å². The fourth-order valence-corrected chi connectivity index (χ4v) is 2.77. The second-order valence-electron chi connectivity index (χ2n) is 5.67. The SMILES string of the molecule is COc1ccc(-n2nc3cc(C)c(NC(C#N)=C(C#N)C#N)cc3n2)cc1Cl. The molecule has 0 spiro atoms. The van der Waals surface area contributed by atoms with Crippen LogP contribution in [-0.2, 0) is 0 Å². The first-order valence-corrected chi connectivity index (χ1v) is 8.31. The quantitative estimate of drug-likeness (QED) is 0.675. The van der Waals surface area contributed by atoms with Crippen molar-refractivity contribution in [2.24, 2.45) is 0 Å². The number of halogens is 1. The number of nitrogens with one attached hydrogen (secondary N) is 1. The maximum absolute atomic E-state index is 9.22. The molecule has 0 fully saturated rings. The number of ether oxygens (including phenoxy) is 1. The van der Waals surface area contributed by atoms with E-state index in [4.69, 9.17) is 26.9 Å². The highest BCUT2D eigenvalue weighted by molar-refractivity contribution is 6.32. The summed E-state index contributed by atoms with van der Waals surface area (Å²) in [5.41, 5.74) is 2.76. The van der Waals surface area contributed by atoms with Crippen LogP contribution in [0.5, 0.6) is 5.75 Å². The van der Waals surface area contributed by atoms with Gasteiger partial charge in [0, 0.05) is 5.69 Å². The van der Waals surface area contributed by atoms with Gasteiger partial charge in [0.2, 0.25) is 0 Å². The van der Waals surface area contributed by atoms with Crippen molar-refractivity contribution in [3.63, 3.8) is 0 Å². The van der Waals surface area contributed by atoms with Crippen molar-refractivity contribution in [1.82, 2.24) is 15.0 Å². The molecule has 8 nitrogen and oxygen atoms in total. The molecule has 3 rings (SSSR count). The predicted molar refractivity (Wildman–Crippen MR) is 103 cm³/mol. The van der Waals surface area contributed by atoms with Crippen molar-refractivity contribution < 1.29 is 4.74 Å². The van der Waals surface area contributed by atoms with Gasteiger partial charge in [0.05, 0.1) is 17.8 Å². The summed E-state index contributed by atoms with van der Waals surface area (Å²) in [6.45, 7) is 1.82. The Bertz CT molecular complexity index is 1220.